The fourth-order valence-electron chi connectivity index (χ4n) is 5.80. The Labute approximate surface area is 245 Å². The van der Waals surface area contributed by atoms with Crippen molar-refractivity contribution in [3.63, 3.8) is 0 Å². The maximum atomic E-state index is 11.4. The molecule has 0 aliphatic carbocycles. The predicted octanol–water partition coefficient (Wildman–Crippen LogP) is 6.02. The number of nitrogen functional groups attached to an aromatic ring is 1. The fourth-order valence-corrected chi connectivity index (χ4v) is 5.80. The summed E-state index contributed by atoms with van der Waals surface area (Å²) in [6.45, 7) is 8.97. The highest BCUT2D eigenvalue weighted by atomic mass is 16.5. The summed E-state index contributed by atoms with van der Waals surface area (Å²) >= 11 is 0. The van der Waals surface area contributed by atoms with Crippen molar-refractivity contribution in [1.29, 1.82) is 0 Å². The second-order valence-electron chi connectivity index (χ2n) is 11.8. The van der Waals surface area contributed by atoms with Crippen LogP contribution in [0.5, 0.6) is 5.75 Å². The molecule has 42 heavy (non-hydrogen) atoms. The van der Waals surface area contributed by atoms with Gasteiger partial charge in [0, 0.05) is 48.1 Å². The van der Waals surface area contributed by atoms with Crippen LogP contribution in [0.2, 0.25) is 0 Å². The first-order chi connectivity index (χ1) is 20.3. The molecule has 8 nitrogen and oxygen atoms in total. The number of fused-ring (bicyclic) bond motifs is 2. The molecule has 0 amide bonds. The molecule has 1 aliphatic heterocycles. The topological polar surface area (TPSA) is 106 Å². The van der Waals surface area contributed by atoms with E-state index in [1.54, 1.807) is 12.3 Å². The quantitative estimate of drug-likeness (QED) is 0.202. The summed E-state index contributed by atoms with van der Waals surface area (Å²) < 4.78 is 8.33. The van der Waals surface area contributed by atoms with Crippen molar-refractivity contribution in [2.75, 3.05) is 25.4 Å². The van der Waals surface area contributed by atoms with Crippen molar-refractivity contribution in [1.82, 2.24) is 19.7 Å². The van der Waals surface area contributed by atoms with Crippen LogP contribution in [0.1, 0.15) is 31.5 Å². The second kappa shape index (κ2) is 11.8. The van der Waals surface area contributed by atoms with Gasteiger partial charge in [-0.05, 0) is 65.7 Å². The van der Waals surface area contributed by atoms with Gasteiger partial charge in [-0.25, -0.2) is 4.98 Å². The standard InChI is InChI=1S/C34H37N5O3/c1-22(2)12-14-38-18-23(19-38)20-39-31-10-9-26(25-8-7-24-11-13-36-34(35)28(24)15-25)16-29(31)30(37-39)21-42-32-6-4-3-5-27(32)17-33(40)41/h3-11,13,15-16,22-23H,12,14,17-21H2,1-2H3,(H2,35,36)(H,40,41). The van der Waals surface area contributed by atoms with E-state index >= 15 is 0 Å². The summed E-state index contributed by atoms with van der Waals surface area (Å²) in [6, 6.07) is 22.0. The molecule has 5 aromatic rings. The first-order valence-electron chi connectivity index (χ1n) is 14.6. The number of hydrogen-bond donors (Lipinski definition) is 2. The minimum absolute atomic E-state index is 0.0928. The number of likely N-dealkylation sites (tertiary alicyclic amines) is 1. The van der Waals surface area contributed by atoms with E-state index in [2.05, 4.69) is 64.8 Å². The lowest BCUT2D eigenvalue weighted by Gasteiger charge is -2.39. The molecular formula is C34H37N5O3. The minimum atomic E-state index is -0.889. The Morgan fingerprint density at radius 2 is 1.81 bits per heavy atom. The highest BCUT2D eigenvalue weighted by molar-refractivity contribution is 5.95. The summed E-state index contributed by atoms with van der Waals surface area (Å²) in [6.07, 6.45) is 2.86. The lowest BCUT2D eigenvalue weighted by Crippen LogP contribution is -2.48. The summed E-state index contributed by atoms with van der Waals surface area (Å²) in [7, 11) is 0. The number of hydrogen-bond acceptors (Lipinski definition) is 6. The molecule has 0 saturated carbocycles. The Hall–Kier alpha value is -4.43. The van der Waals surface area contributed by atoms with E-state index in [0.29, 0.717) is 29.0 Å². The molecule has 1 saturated heterocycles. The van der Waals surface area contributed by atoms with Crippen LogP contribution >= 0.6 is 0 Å². The van der Waals surface area contributed by atoms with Crippen LogP contribution in [-0.2, 0) is 24.4 Å². The molecule has 0 bridgehead atoms. The molecule has 2 aromatic heterocycles. The number of aromatic nitrogens is 3. The van der Waals surface area contributed by atoms with E-state index in [1.807, 2.05) is 24.3 Å². The number of anilines is 1. The van der Waals surface area contributed by atoms with E-state index in [4.69, 9.17) is 15.6 Å². The molecular weight excluding hydrogens is 526 g/mol. The number of nitrogens with two attached hydrogens (primary N) is 1. The minimum Gasteiger partial charge on any atom is -0.487 e. The zero-order chi connectivity index (χ0) is 29.2. The Balaban J connectivity index is 1.31. The van der Waals surface area contributed by atoms with E-state index in [1.165, 1.54) is 6.42 Å². The van der Waals surface area contributed by atoms with Crippen molar-refractivity contribution >= 4 is 33.5 Å². The number of para-hydroxylation sites is 1. The van der Waals surface area contributed by atoms with Crippen molar-refractivity contribution in [2.24, 2.45) is 11.8 Å². The molecule has 0 unspecified atom stereocenters. The average molecular weight is 564 g/mol. The van der Waals surface area contributed by atoms with Gasteiger partial charge in [0.1, 0.15) is 23.9 Å². The molecule has 1 fully saturated rings. The van der Waals surface area contributed by atoms with Crippen LogP contribution in [0.3, 0.4) is 0 Å². The van der Waals surface area contributed by atoms with Crippen LogP contribution in [0.15, 0.2) is 72.9 Å². The third kappa shape index (κ3) is 5.94. The molecule has 6 rings (SSSR count). The molecule has 1 aliphatic rings. The Bertz CT molecular complexity index is 1740. The Kier molecular flexibility index (Phi) is 7.80. The summed E-state index contributed by atoms with van der Waals surface area (Å²) in [5.74, 6) is 1.46. The smallest absolute Gasteiger partial charge is 0.307 e. The number of pyridine rings is 1. The molecule has 3 aromatic carbocycles. The molecule has 216 valence electrons. The molecule has 0 spiro atoms. The highest BCUT2D eigenvalue weighted by Crippen LogP contribution is 2.32. The largest absolute Gasteiger partial charge is 0.487 e. The molecule has 8 heteroatoms. The van der Waals surface area contributed by atoms with Gasteiger partial charge in [0.05, 0.1) is 11.9 Å². The van der Waals surface area contributed by atoms with Crippen molar-refractivity contribution in [2.45, 2.75) is 39.8 Å². The number of ether oxygens (including phenoxy) is 1. The Morgan fingerprint density at radius 3 is 2.60 bits per heavy atom. The van der Waals surface area contributed by atoms with Gasteiger partial charge in [-0.15, -0.1) is 0 Å². The first-order valence-corrected chi connectivity index (χ1v) is 14.6. The Morgan fingerprint density at radius 1 is 1.05 bits per heavy atom. The SMILES string of the molecule is CC(C)CCN1CC(Cn2nc(COc3ccccc3CC(=O)O)c3cc(-c4ccc5ccnc(N)c5c4)ccc32)C1. The van der Waals surface area contributed by atoms with Crippen molar-refractivity contribution < 1.29 is 14.6 Å². The van der Waals surface area contributed by atoms with Crippen LogP contribution < -0.4 is 10.5 Å². The number of benzene rings is 3. The van der Waals surface area contributed by atoms with Crippen LogP contribution in [0.4, 0.5) is 5.82 Å². The number of carbonyl (C=O) groups is 1. The number of nitrogens with zero attached hydrogens (tertiary/aromatic N) is 4. The van der Waals surface area contributed by atoms with Crippen LogP contribution in [-0.4, -0.2) is 50.4 Å². The molecule has 3 N–H and O–H groups in total. The van der Waals surface area contributed by atoms with Crippen molar-refractivity contribution in [3.8, 4) is 16.9 Å². The van der Waals surface area contributed by atoms with Gasteiger partial charge in [0.2, 0.25) is 0 Å². The van der Waals surface area contributed by atoms with Gasteiger partial charge in [0.25, 0.3) is 0 Å². The van der Waals surface area contributed by atoms with Gasteiger partial charge in [0.15, 0.2) is 0 Å². The van der Waals surface area contributed by atoms with E-state index < -0.39 is 5.97 Å². The molecule has 0 radical (unpaired) electrons. The third-order valence-electron chi connectivity index (χ3n) is 8.12. The van der Waals surface area contributed by atoms with E-state index in [0.717, 1.165) is 64.7 Å². The lowest BCUT2D eigenvalue weighted by atomic mass is 9.98. The number of carboxylic acids is 1. The number of aliphatic carboxylic acids is 1. The van der Waals surface area contributed by atoms with Gasteiger partial charge in [-0.3, -0.25) is 9.48 Å². The second-order valence-corrected chi connectivity index (χ2v) is 11.8. The maximum absolute atomic E-state index is 11.4. The third-order valence-corrected chi connectivity index (χ3v) is 8.12. The number of carboxylic acid groups (broad SMARTS) is 1. The number of rotatable bonds is 11. The molecule has 0 atom stereocenters. The summed E-state index contributed by atoms with van der Waals surface area (Å²) in [5.41, 5.74) is 10.8. The maximum Gasteiger partial charge on any atom is 0.307 e. The average Bonchev–Trinajstić information content (AvgIpc) is 3.29. The predicted molar refractivity (Wildman–Crippen MR) is 166 cm³/mol. The zero-order valence-corrected chi connectivity index (χ0v) is 24.2. The summed E-state index contributed by atoms with van der Waals surface area (Å²) in [5, 5.41) is 17.4. The summed E-state index contributed by atoms with van der Waals surface area (Å²) in [4.78, 5) is 18.2. The molecule has 3 heterocycles. The van der Waals surface area contributed by atoms with Crippen molar-refractivity contribution in [3.05, 3.63) is 84.2 Å². The van der Waals surface area contributed by atoms with Crippen LogP contribution in [0.25, 0.3) is 32.8 Å². The normalized spacial score (nSPS) is 14.1. The van der Waals surface area contributed by atoms with Crippen LogP contribution in [0, 0.1) is 11.8 Å². The highest BCUT2D eigenvalue weighted by Gasteiger charge is 2.28. The first kappa shape index (κ1) is 27.7. The van der Waals surface area contributed by atoms with Gasteiger partial charge in [-0.1, -0.05) is 50.2 Å². The monoisotopic (exact) mass is 563 g/mol. The fraction of sp³-hybridized carbons (Fsp3) is 0.324. The lowest BCUT2D eigenvalue weighted by molar-refractivity contribution is -0.136. The van der Waals surface area contributed by atoms with Gasteiger partial charge >= 0.3 is 5.97 Å². The van der Waals surface area contributed by atoms with E-state index in [-0.39, 0.29) is 13.0 Å². The van der Waals surface area contributed by atoms with Gasteiger partial charge in [-0.2, -0.15) is 5.10 Å². The zero-order valence-electron chi connectivity index (χ0n) is 24.2. The van der Waals surface area contributed by atoms with Gasteiger partial charge < -0.3 is 20.5 Å². The van der Waals surface area contributed by atoms with E-state index in [9.17, 15) is 9.90 Å².